The Morgan fingerprint density at radius 1 is 1.71 bits per heavy atom. The number of hydrogen-bond donors (Lipinski definition) is 1. The van der Waals surface area contributed by atoms with E-state index in [9.17, 15) is 0 Å². The number of nitriles is 1. The highest BCUT2D eigenvalue weighted by molar-refractivity contribution is 7.98. The van der Waals surface area contributed by atoms with Crippen LogP contribution in [0.5, 0.6) is 0 Å². The first-order valence-corrected chi connectivity index (χ1v) is 5.56. The van der Waals surface area contributed by atoms with Crippen LogP contribution in [0.1, 0.15) is 12.7 Å². The highest BCUT2D eigenvalue weighted by Gasteiger charge is 2.20. The van der Waals surface area contributed by atoms with Crippen LogP contribution in [0.3, 0.4) is 0 Å². The van der Waals surface area contributed by atoms with Crippen molar-refractivity contribution in [2.75, 3.05) is 12.8 Å². The predicted molar refractivity (Wildman–Crippen MR) is 57.9 cm³/mol. The molecule has 1 aromatic heterocycles. The lowest BCUT2D eigenvalue weighted by molar-refractivity contribution is 0.528. The molecule has 1 heterocycles. The molecule has 0 aromatic carbocycles. The maximum absolute atomic E-state index is 8.89. The second-order valence-electron chi connectivity index (χ2n) is 3.27. The second-order valence-corrected chi connectivity index (χ2v) is 4.25. The standard InChI is InChI=1S/C10H14N2OS/c1-10(7-11,12-2)8-14-6-9-4-3-5-13-9/h3-5,12H,6,8H2,1-2H3. The summed E-state index contributed by atoms with van der Waals surface area (Å²) in [6.45, 7) is 1.89. The minimum atomic E-state index is -0.447. The number of nitrogens with zero attached hydrogens (tertiary/aromatic N) is 1. The molecular formula is C10H14N2OS. The van der Waals surface area contributed by atoms with E-state index in [4.69, 9.17) is 9.68 Å². The number of hydrogen-bond acceptors (Lipinski definition) is 4. The summed E-state index contributed by atoms with van der Waals surface area (Å²) in [6, 6.07) is 6.06. The first-order valence-electron chi connectivity index (χ1n) is 4.40. The van der Waals surface area contributed by atoms with Crippen molar-refractivity contribution in [1.29, 1.82) is 5.26 Å². The average Bonchev–Trinajstić information content (AvgIpc) is 2.70. The summed E-state index contributed by atoms with van der Waals surface area (Å²) in [5.74, 6) is 2.51. The fourth-order valence-corrected chi connectivity index (χ4v) is 2.00. The Kier molecular flexibility index (Phi) is 4.05. The monoisotopic (exact) mass is 210 g/mol. The Labute approximate surface area is 88.5 Å². The topological polar surface area (TPSA) is 49.0 Å². The summed E-state index contributed by atoms with van der Waals surface area (Å²) in [7, 11) is 1.80. The van der Waals surface area contributed by atoms with Gasteiger partial charge in [-0.3, -0.25) is 0 Å². The smallest absolute Gasteiger partial charge is 0.113 e. The van der Waals surface area contributed by atoms with E-state index in [1.807, 2.05) is 19.1 Å². The zero-order valence-corrected chi connectivity index (χ0v) is 9.23. The lowest BCUT2D eigenvalue weighted by atomic mass is 10.1. The van der Waals surface area contributed by atoms with Gasteiger partial charge in [-0.25, -0.2) is 0 Å². The molecule has 14 heavy (non-hydrogen) atoms. The molecule has 1 atom stereocenters. The normalized spacial score (nSPS) is 14.6. The molecule has 0 spiro atoms. The SMILES string of the molecule is CNC(C)(C#N)CSCc1ccco1. The molecule has 0 bridgehead atoms. The van der Waals surface area contributed by atoms with Crippen LogP contribution in [-0.4, -0.2) is 18.3 Å². The van der Waals surface area contributed by atoms with Gasteiger partial charge in [-0.2, -0.15) is 17.0 Å². The molecule has 76 valence electrons. The van der Waals surface area contributed by atoms with Gasteiger partial charge in [0, 0.05) is 5.75 Å². The van der Waals surface area contributed by atoms with E-state index >= 15 is 0 Å². The van der Waals surface area contributed by atoms with Crippen LogP contribution in [0.25, 0.3) is 0 Å². The zero-order valence-electron chi connectivity index (χ0n) is 8.41. The van der Waals surface area contributed by atoms with Gasteiger partial charge in [-0.15, -0.1) is 0 Å². The molecule has 0 aliphatic carbocycles. The summed E-state index contributed by atoms with van der Waals surface area (Å²) >= 11 is 1.69. The number of rotatable bonds is 5. The molecule has 1 unspecified atom stereocenters. The van der Waals surface area contributed by atoms with Crippen LogP contribution in [-0.2, 0) is 5.75 Å². The summed E-state index contributed by atoms with van der Waals surface area (Å²) in [4.78, 5) is 0. The van der Waals surface area contributed by atoms with Crippen LogP contribution in [0, 0.1) is 11.3 Å². The van der Waals surface area contributed by atoms with Crippen molar-refractivity contribution in [3.05, 3.63) is 24.2 Å². The third-order valence-electron chi connectivity index (χ3n) is 2.01. The number of nitrogens with one attached hydrogen (secondary N) is 1. The Hall–Kier alpha value is -0.920. The van der Waals surface area contributed by atoms with Gasteiger partial charge in [0.1, 0.15) is 11.3 Å². The molecular weight excluding hydrogens is 196 g/mol. The third kappa shape index (κ3) is 3.09. The van der Waals surface area contributed by atoms with Crippen molar-refractivity contribution < 1.29 is 4.42 Å². The lowest BCUT2D eigenvalue weighted by Crippen LogP contribution is -2.40. The van der Waals surface area contributed by atoms with E-state index in [-0.39, 0.29) is 0 Å². The Morgan fingerprint density at radius 3 is 3.00 bits per heavy atom. The highest BCUT2D eigenvalue weighted by Crippen LogP contribution is 2.17. The number of thioether (sulfide) groups is 1. The minimum absolute atomic E-state index is 0.447. The van der Waals surface area contributed by atoms with Crippen LogP contribution in [0.4, 0.5) is 0 Å². The fourth-order valence-electron chi connectivity index (χ4n) is 0.911. The molecule has 0 aliphatic heterocycles. The van der Waals surface area contributed by atoms with Crippen molar-refractivity contribution in [3.63, 3.8) is 0 Å². The fraction of sp³-hybridized carbons (Fsp3) is 0.500. The van der Waals surface area contributed by atoms with Gasteiger partial charge in [0.15, 0.2) is 0 Å². The van der Waals surface area contributed by atoms with Crippen LogP contribution in [0.2, 0.25) is 0 Å². The molecule has 1 aromatic rings. The maximum Gasteiger partial charge on any atom is 0.113 e. The maximum atomic E-state index is 8.89. The van der Waals surface area contributed by atoms with Gasteiger partial charge >= 0.3 is 0 Å². The third-order valence-corrected chi connectivity index (χ3v) is 3.28. The molecule has 1 N–H and O–H groups in total. The van der Waals surface area contributed by atoms with E-state index in [0.29, 0.717) is 0 Å². The van der Waals surface area contributed by atoms with Crippen molar-refractivity contribution in [2.45, 2.75) is 18.2 Å². The quantitative estimate of drug-likeness (QED) is 0.807. The van der Waals surface area contributed by atoms with Gasteiger partial charge in [0.2, 0.25) is 0 Å². The van der Waals surface area contributed by atoms with E-state index < -0.39 is 5.54 Å². The van der Waals surface area contributed by atoms with Gasteiger partial charge in [-0.05, 0) is 26.1 Å². The van der Waals surface area contributed by atoms with Gasteiger partial charge < -0.3 is 9.73 Å². The molecule has 0 radical (unpaired) electrons. The van der Waals surface area contributed by atoms with E-state index in [2.05, 4.69) is 11.4 Å². The zero-order chi connectivity index (χ0) is 10.4. The highest BCUT2D eigenvalue weighted by atomic mass is 32.2. The summed E-state index contributed by atoms with van der Waals surface area (Å²) in [5.41, 5.74) is -0.447. The molecule has 0 amide bonds. The molecule has 0 fully saturated rings. The molecule has 3 nitrogen and oxygen atoms in total. The summed E-state index contributed by atoms with van der Waals surface area (Å²) in [6.07, 6.45) is 1.66. The Morgan fingerprint density at radius 2 is 2.50 bits per heavy atom. The number of furan rings is 1. The van der Waals surface area contributed by atoms with Crippen LogP contribution < -0.4 is 5.32 Å². The van der Waals surface area contributed by atoms with E-state index in [1.54, 1.807) is 25.1 Å². The second kappa shape index (κ2) is 5.08. The van der Waals surface area contributed by atoms with E-state index in [1.165, 1.54) is 0 Å². The lowest BCUT2D eigenvalue weighted by Gasteiger charge is -2.19. The summed E-state index contributed by atoms with van der Waals surface area (Å²) < 4.78 is 5.19. The molecule has 0 saturated carbocycles. The Bertz CT molecular complexity index is 304. The van der Waals surface area contributed by atoms with Crippen LogP contribution in [0.15, 0.2) is 22.8 Å². The van der Waals surface area contributed by atoms with Crippen molar-refractivity contribution in [2.24, 2.45) is 0 Å². The average molecular weight is 210 g/mol. The van der Waals surface area contributed by atoms with Crippen molar-refractivity contribution in [1.82, 2.24) is 5.32 Å². The Balaban J connectivity index is 2.31. The molecule has 0 aliphatic rings. The van der Waals surface area contributed by atoms with E-state index in [0.717, 1.165) is 17.3 Å². The molecule has 0 saturated heterocycles. The molecule has 1 rings (SSSR count). The first kappa shape index (κ1) is 11.2. The van der Waals surface area contributed by atoms with Gasteiger partial charge in [-0.1, -0.05) is 0 Å². The van der Waals surface area contributed by atoms with Gasteiger partial charge in [0.05, 0.1) is 18.1 Å². The van der Waals surface area contributed by atoms with Crippen molar-refractivity contribution in [3.8, 4) is 6.07 Å². The van der Waals surface area contributed by atoms with Crippen LogP contribution >= 0.6 is 11.8 Å². The minimum Gasteiger partial charge on any atom is -0.468 e. The predicted octanol–water partition coefficient (Wildman–Crippen LogP) is 2.01. The molecule has 4 heteroatoms. The summed E-state index contributed by atoms with van der Waals surface area (Å²) in [5, 5.41) is 11.9. The first-order chi connectivity index (χ1) is 6.70. The van der Waals surface area contributed by atoms with Gasteiger partial charge in [0.25, 0.3) is 0 Å². The largest absolute Gasteiger partial charge is 0.468 e. The van der Waals surface area contributed by atoms with Crippen molar-refractivity contribution >= 4 is 11.8 Å².